The van der Waals surface area contributed by atoms with Gasteiger partial charge in [0, 0.05) is 13.1 Å². The minimum atomic E-state index is -0.676. The van der Waals surface area contributed by atoms with E-state index >= 15 is 0 Å². The molecule has 0 aliphatic carbocycles. The highest BCUT2D eigenvalue weighted by molar-refractivity contribution is 5.84. The first-order valence-electron chi connectivity index (χ1n) is 6.17. The Morgan fingerprint density at radius 2 is 1.78 bits per heavy atom. The molecule has 6 heteroatoms. The van der Waals surface area contributed by atoms with Gasteiger partial charge in [-0.25, -0.2) is 4.79 Å². The summed E-state index contributed by atoms with van der Waals surface area (Å²) in [5, 5.41) is 4.58. The van der Waals surface area contributed by atoms with Gasteiger partial charge in [-0.3, -0.25) is 4.79 Å². The first-order valence-corrected chi connectivity index (χ1v) is 6.17. The monoisotopic (exact) mass is 257 g/mol. The van der Waals surface area contributed by atoms with Crippen LogP contribution < -0.4 is 11.1 Å². The number of likely N-dealkylation sites (N-methyl/N-ethyl adjacent to an activating group) is 1. The van der Waals surface area contributed by atoms with Gasteiger partial charge in [0.15, 0.2) is 0 Å². The van der Waals surface area contributed by atoms with E-state index in [1.165, 1.54) is 0 Å². The number of rotatable bonds is 3. The minimum absolute atomic E-state index is 0.265. The quantitative estimate of drug-likeness (QED) is 0.745. The zero-order chi connectivity index (χ0) is 14.0. The van der Waals surface area contributed by atoms with E-state index < -0.39 is 11.0 Å². The Morgan fingerprint density at radius 3 is 2.11 bits per heavy atom. The van der Waals surface area contributed by atoms with Crippen LogP contribution in [0.25, 0.3) is 0 Å². The van der Waals surface area contributed by atoms with Gasteiger partial charge in [-0.2, -0.15) is 0 Å². The molecule has 1 rings (SSSR count). The van der Waals surface area contributed by atoms with Crippen LogP contribution in [0.3, 0.4) is 0 Å². The lowest BCUT2D eigenvalue weighted by atomic mass is 9.87. The maximum absolute atomic E-state index is 11.7. The van der Waals surface area contributed by atoms with Gasteiger partial charge in [0.1, 0.15) is 5.54 Å². The standard InChI is InChI=1S/C12H23N3O3/c1-11(2,3)10(17)18-15-7-5-12(14-4,6-8-15)9(13)16/h14H,5-8H2,1-4H3,(H2,13,16). The molecule has 6 nitrogen and oxygen atoms in total. The molecule has 1 saturated heterocycles. The Bertz CT molecular complexity index is 328. The van der Waals surface area contributed by atoms with Crippen molar-refractivity contribution < 1.29 is 14.4 Å². The van der Waals surface area contributed by atoms with Crippen LogP contribution in [-0.4, -0.2) is 42.6 Å². The number of piperidine rings is 1. The molecule has 0 radical (unpaired) electrons. The molecule has 3 N–H and O–H groups in total. The predicted octanol–water partition coefficient (Wildman–Crippen LogP) is 0.0300. The maximum atomic E-state index is 11.7. The third kappa shape index (κ3) is 3.20. The highest BCUT2D eigenvalue weighted by Gasteiger charge is 2.40. The van der Waals surface area contributed by atoms with E-state index in [0.29, 0.717) is 25.9 Å². The Hall–Kier alpha value is -1.14. The zero-order valence-electron chi connectivity index (χ0n) is 11.6. The molecule has 0 saturated carbocycles. The summed E-state index contributed by atoms with van der Waals surface area (Å²) in [6, 6.07) is 0. The lowest BCUT2D eigenvalue weighted by Gasteiger charge is -2.38. The van der Waals surface area contributed by atoms with Crippen LogP contribution in [-0.2, 0) is 14.4 Å². The number of nitrogens with zero attached hydrogens (tertiary/aromatic N) is 1. The number of amides is 1. The lowest BCUT2D eigenvalue weighted by Crippen LogP contribution is -2.59. The molecular formula is C12H23N3O3. The second-order valence-electron chi connectivity index (χ2n) is 5.75. The van der Waals surface area contributed by atoms with E-state index in [4.69, 9.17) is 10.6 Å². The molecule has 0 atom stereocenters. The van der Waals surface area contributed by atoms with Crippen molar-refractivity contribution >= 4 is 11.9 Å². The van der Waals surface area contributed by atoms with Crippen molar-refractivity contribution in [3.63, 3.8) is 0 Å². The maximum Gasteiger partial charge on any atom is 0.330 e. The van der Waals surface area contributed by atoms with Crippen molar-refractivity contribution in [2.45, 2.75) is 39.2 Å². The zero-order valence-corrected chi connectivity index (χ0v) is 11.6. The molecule has 0 unspecified atom stereocenters. The van der Waals surface area contributed by atoms with Crippen LogP contribution >= 0.6 is 0 Å². The highest BCUT2D eigenvalue weighted by Crippen LogP contribution is 2.23. The van der Waals surface area contributed by atoms with Gasteiger partial charge in [0.05, 0.1) is 5.41 Å². The van der Waals surface area contributed by atoms with Gasteiger partial charge < -0.3 is 15.9 Å². The summed E-state index contributed by atoms with van der Waals surface area (Å²) in [4.78, 5) is 28.4. The summed E-state index contributed by atoms with van der Waals surface area (Å²) < 4.78 is 0. The van der Waals surface area contributed by atoms with Gasteiger partial charge in [-0.05, 0) is 40.7 Å². The highest BCUT2D eigenvalue weighted by atomic mass is 16.7. The third-order valence-corrected chi connectivity index (χ3v) is 3.35. The molecule has 1 aliphatic heterocycles. The van der Waals surface area contributed by atoms with Crippen molar-refractivity contribution in [1.82, 2.24) is 10.4 Å². The number of nitrogens with one attached hydrogen (secondary N) is 1. The van der Waals surface area contributed by atoms with Gasteiger partial charge >= 0.3 is 5.97 Å². The van der Waals surface area contributed by atoms with Crippen LogP contribution in [0.4, 0.5) is 0 Å². The average Bonchev–Trinajstić information content (AvgIpc) is 2.28. The van der Waals surface area contributed by atoms with Crippen molar-refractivity contribution in [3.8, 4) is 0 Å². The SMILES string of the molecule is CNC1(C(N)=O)CCN(OC(=O)C(C)(C)C)CC1. The Balaban J connectivity index is 2.54. The van der Waals surface area contributed by atoms with Crippen molar-refractivity contribution in [2.75, 3.05) is 20.1 Å². The molecule has 1 aliphatic rings. The van der Waals surface area contributed by atoms with E-state index in [2.05, 4.69) is 5.32 Å². The van der Waals surface area contributed by atoms with Crippen molar-refractivity contribution in [2.24, 2.45) is 11.1 Å². The lowest BCUT2D eigenvalue weighted by molar-refractivity contribution is -0.207. The van der Waals surface area contributed by atoms with Crippen molar-refractivity contribution in [1.29, 1.82) is 0 Å². The average molecular weight is 257 g/mol. The molecule has 0 aromatic heterocycles. The summed E-state index contributed by atoms with van der Waals surface area (Å²) >= 11 is 0. The van der Waals surface area contributed by atoms with Crippen LogP contribution in [0.2, 0.25) is 0 Å². The van der Waals surface area contributed by atoms with E-state index in [1.807, 2.05) is 0 Å². The van der Waals surface area contributed by atoms with Gasteiger partial charge in [-0.15, -0.1) is 5.06 Å². The Kier molecular flexibility index (Phi) is 4.34. The normalized spacial score (nSPS) is 20.4. The number of carbonyl (C=O) groups excluding carboxylic acids is 2. The molecule has 0 spiro atoms. The molecule has 1 amide bonds. The summed E-state index contributed by atoms with van der Waals surface area (Å²) in [7, 11) is 1.72. The molecule has 1 heterocycles. The second-order valence-corrected chi connectivity index (χ2v) is 5.75. The number of hydroxylamine groups is 2. The van der Waals surface area contributed by atoms with Crippen LogP contribution in [0.1, 0.15) is 33.6 Å². The summed E-state index contributed by atoms with van der Waals surface area (Å²) in [5.41, 5.74) is 4.20. The Labute approximate surface area is 108 Å². The van der Waals surface area contributed by atoms with Crippen LogP contribution in [0.5, 0.6) is 0 Å². The van der Waals surface area contributed by atoms with Gasteiger partial charge in [-0.1, -0.05) is 0 Å². The third-order valence-electron chi connectivity index (χ3n) is 3.35. The number of nitrogens with two attached hydrogens (primary N) is 1. The summed E-state index contributed by atoms with van der Waals surface area (Å²) in [5.74, 6) is -0.620. The van der Waals surface area contributed by atoms with Gasteiger partial charge in [0.25, 0.3) is 0 Å². The predicted molar refractivity (Wildman–Crippen MR) is 67.3 cm³/mol. The number of hydrogen-bond acceptors (Lipinski definition) is 5. The molecule has 1 fully saturated rings. The number of hydrogen-bond donors (Lipinski definition) is 2. The molecule has 0 bridgehead atoms. The van der Waals surface area contributed by atoms with Gasteiger partial charge in [0.2, 0.25) is 5.91 Å². The van der Waals surface area contributed by atoms with E-state index in [1.54, 1.807) is 32.9 Å². The van der Waals surface area contributed by atoms with Crippen molar-refractivity contribution in [3.05, 3.63) is 0 Å². The largest absolute Gasteiger partial charge is 0.368 e. The second kappa shape index (κ2) is 5.24. The smallest absolute Gasteiger partial charge is 0.330 e. The van der Waals surface area contributed by atoms with Crippen LogP contribution in [0.15, 0.2) is 0 Å². The summed E-state index contributed by atoms with van der Waals surface area (Å²) in [6.07, 6.45) is 1.08. The van der Waals surface area contributed by atoms with Crippen LogP contribution in [0, 0.1) is 5.41 Å². The Morgan fingerprint density at radius 1 is 1.28 bits per heavy atom. The molecule has 18 heavy (non-hydrogen) atoms. The fraction of sp³-hybridized carbons (Fsp3) is 0.833. The number of carbonyl (C=O) groups is 2. The molecule has 104 valence electrons. The minimum Gasteiger partial charge on any atom is -0.368 e. The molecule has 0 aromatic carbocycles. The fourth-order valence-corrected chi connectivity index (χ4v) is 1.83. The van der Waals surface area contributed by atoms with E-state index in [-0.39, 0.29) is 11.9 Å². The van der Waals surface area contributed by atoms with E-state index in [0.717, 1.165) is 0 Å². The molecule has 0 aromatic rings. The fourth-order valence-electron chi connectivity index (χ4n) is 1.83. The molecular weight excluding hydrogens is 234 g/mol. The first kappa shape index (κ1) is 14.9. The topological polar surface area (TPSA) is 84.7 Å². The van der Waals surface area contributed by atoms with E-state index in [9.17, 15) is 9.59 Å². The summed E-state index contributed by atoms with van der Waals surface area (Å²) in [6.45, 7) is 6.43. The number of primary amides is 1. The first-order chi connectivity index (χ1) is 8.21.